The van der Waals surface area contributed by atoms with Crippen LogP contribution in [0.4, 0.5) is 0 Å². The molecule has 0 aliphatic carbocycles. The minimum absolute atomic E-state index is 0.136. The van der Waals surface area contributed by atoms with Gasteiger partial charge in [-0.3, -0.25) is 4.79 Å². The van der Waals surface area contributed by atoms with E-state index in [0.29, 0.717) is 12.8 Å². The Hall–Kier alpha value is -1.85. The number of nitrogens with one attached hydrogen (secondary N) is 1. The smallest absolute Gasteiger partial charge is 0.220 e. The number of aliphatic hydroxyl groups is 5. The number of amides is 1. The zero-order valence-corrected chi connectivity index (χ0v) is 44.1. The number of unbranched alkanes of at least 4 members (excludes halogenated alkanes) is 31. The Balaban J connectivity index is 2.16. The average Bonchev–Trinajstić information content (AvgIpc) is 3.34. The minimum atomic E-state index is -1.55. The summed E-state index contributed by atoms with van der Waals surface area (Å²) in [7, 11) is 0. The number of rotatable bonds is 49. The van der Waals surface area contributed by atoms with Gasteiger partial charge in [-0.1, -0.05) is 255 Å². The van der Waals surface area contributed by atoms with Crippen molar-refractivity contribution in [1.82, 2.24) is 5.32 Å². The summed E-state index contributed by atoms with van der Waals surface area (Å²) >= 11 is 0. The van der Waals surface area contributed by atoms with Gasteiger partial charge in [-0.05, 0) is 51.4 Å². The van der Waals surface area contributed by atoms with Crippen LogP contribution in [0.15, 0.2) is 48.6 Å². The fraction of sp³-hybridized carbons (Fsp3) is 0.847. The molecule has 68 heavy (non-hydrogen) atoms. The number of carbonyl (C=O) groups is 1. The average molecular weight is 961 g/mol. The molecule has 0 radical (unpaired) electrons. The molecule has 1 rings (SSSR count). The molecule has 0 aromatic heterocycles. The molecule has 0 aromatic carbocycles. The summed E-state index contributed by atoms with van der Waals surface area (Å²) in [6, 6.07) is -0.719. The zero-order chi connectivity index (χ0) is 49.4. The van der Waals surface area contributed by atoms with E-state index in [1.165, 1.54) is 173 Å². The van der Waals surface area contributed by atoms with Gasteiger partial charge in [0, 0.05) is 6.42 Å². The lowest BCUT2D eigenvalue weighted by atomic mass is 9.99. The van der Waals surface area contributed by atoms with Crippen molar-refractivity contribution >= 4 is 5.91 Å². The van der Waals surface area contributed by atoms with Gasteiger partial charge in [0.2, 0.25) is 5.91 Å². The molecule has 1 aliphatic heterocycles. The first-order valence-corrected chi connectivity index (χ1v) is 28.8. The van der Waals surface area contributed by atoms with Crippen LogP contribution in [0.2, 0.25) is 0 Å². The fourth-order valence-corrected chi connectivity index (χ4v) is 9.15. The molecule has 0 spiro atoms. The van der Waals surface area contributed by atoms with Gasteiger partial charge in [-0.25, -0.2) is 0 Å². The molecule has 9 nitrogen and oxygen atoms in total. The van der Waals surface area contributed by atoms with Crippen LogP contribution in [0.5, 0.6) is 0 Å². The van der Waals surface area contributed by atoms with E-state index in [9.17, 15) is 30.3 Å². The van der Waals surface area contributed by atoms with E-state index in [0.717, 1.165) is 64.2 Å². The highest BCUT2D eigenvalue weighted by Crippen LogP contribution is 2.23. The van der Waals surface area contributed by atoms with Crippen LogP contribution in [-0.4, -0.2) is 87.5 Å². The molecule has 0 bridgehead atoms. The second kappa shape index (κ2) is 48.8. The number of aliphatic hydroxyl groups excluding tert-OH is 5. The molecule has 9 heteroatoms. The maximum Gasteiger partial charge on any atom is 0.220 e. The van der Waals surface area contributed by atoms with Gasteiger partial charge in [-0.2, -0.15) is 0 Å². The first-order valence-electron chi connectivity index (χ1n) is 28.8. The second-order valence-electron chi connectivity index (χ2n) is 20.1. The topological polar surface area (TPSA) is 149 Å². The monoisotopic (exact) mass is 960 g/mol. The van der Waals surface area contributed by atoms with Crippen molar-refractivity contribution in [2.75, 3.05) is 13.2 Å². The first-order chi connectivity index (χ1) is 33.3. The number of carbonyl (C=O) groups excluding carboxylic acids is 1. The standard InChI is InChI=1S/C59H109NO8/c1-3-5-7-9-11-13-15-17-19-21-22-23-24-25-26-27-28-29-30-31-32-33-35-37-39-41-43-45-47-49-55(63)60-52(51-67-59-58(66)57(65)56(64)54(50-61)68-59)53(62)48-46-44-42-40-38-36-34-20-18-16-14-12-10-8-6-4-2/h5,7,11,13,17,19,22-23,52-54,56-59,61-62,64-66H,3-4,6,8-10,12,14-16,18,20-21,24-51H2,1-2H3,(H,60,63)/b7-5-,13-11-,19-17-,23-22-. The molecule has 7 unspecified atom stereocenters. The summed E-state index contributed by atoms with van der Waals surface area (Å²) in [6.07, 6.45) is 57.1. The third kappa shape index (κ3) is 37.9. The summed E-state index contributed by atoms with van der Waals surface area (Å²) in [5.74, 6) is -0.142. The Kier molecular flexibility index (Phi) is 46.0. The van der Waals surface area contributed by atoms with Gasteiger partial charge in [0.05, 0.1) is 25.4 Å². The van der Waals surface area contributed by atoms with Crippen molar-refractivity contribution in [2.24, 2.45) is 0 Å². The molecular formula is C59H109NO8. The SMILES string of the molecule is CC/C=C\C/C=C\C/C=C\C/C=C\CCCCCCCCCCCCCCCCCCC(=O)NC(COC1OC(CO)C(O)C(O)C1O)C(O)CCCCCCCCCCCCCCCCCC. The van der Waals surface area contributed by atoms with E-state index >= 15 is 0 Å². The Bertz CT molecular complexity index is 1210. The van der Waals surface area contributed by atoms with Gasteiger partial charge in [0.1, 0.15) is 24.4 Å². The summed E-state index contributed by atoms with van der Waals surface area (Å²) < 4.78 is 11.3. The molecular weight excluding hydrogens is 851 g/mol. The van der Waals surface area contributed by atoms with Crippen molar-refractivity contribution < 1.29 is 39.8 Å². The largest absolute Gasteiger partial charge is 0.394 e. The highest BCUT2D eigenvalue weighted by atomic mass is 16.7. The van der Waals surface area contributed by atoms with Gasteiger partial charge >= 0.3 is 0 Å². The predicted molar refractivity (Wildman–Crippen MR) is 286 cm³/mol. The van der Waals surface area contributed by atoms with E-state index in [2.05, 4.69) is 67.8 Å². The Morgan fingerprint density at radius 1 is 0.515 bits per heavy atom. The van der Waals surface area contributed by atoms with Crippen LogP contribution < -0.4 is 5.32 Å². The molecule has 1 fully saturated rings. The van der Waals surface area contributed by atoms with Crippen molar-refractivity contribution in [3.8, 4) is 0 Å². The molecule has 1 amide bonds. The van der Waals surface area contributed by atoms with E-state index in [-0.39, 0.29) is 12.5 Å². The quantitative estimate of drug-likeness (QED) is 0.0261. The third-order valence-electron chi connectivity index (χ3n) is 13.7. The lowest BCUT2D eigenvalue weighted by Crippen LogP contribution is -2.60. The summed E-state index contributed by atoms with van der Waals surface area (Å²) in [4.78, 5) is 13.1. The van der Waals surface area contributed by atoms with E-state index in [1.54, 1.807) is 0 Å². The number of hydrogen-bond donors (Lipinski definition) is 6. The first kappa shape index (κ1) is 64.2. The normalized spacial score (nSPS) is 19.9. The summed E-state index contributed by atoms with van der Waals surface area (Å²) in [5.41, 5.74) is 0. The highest BCUT2D eigenvalue weighted by Gasteiger charge is 2.44. The summed E-state index contributed by atoms with van der Waals surface area (Å²) in [6.45, 7) is 3.75. The third-order valence-corrected chi connectivity index (χ3v) is 13.7. The van der Waals surface area contributed by atoms with E-state index < -0.39 is 49.5 Å². The van der Waals surface area contributed by atoms with Crippen molar-refractivity contribution in [3.05, 3.63) is 48.6 Å². The summed E-state index contributed by atoms with van der Waals surface area (Å²) in [5, 5.41) is 54.6. The Labute approximate surface area is 418 Å². The predicted octanol–water partition coefficient (Wildman–Crippen LogP) is 14.1. The molecule has 0 saturated carbocycles. The molecule has 6 N–H and O–H groups in total. The molecule has 1 saturated heterocycles. The molecule has 398 valence electrons. The molecule has 1 aliphatic rings. The maximum atomic E-state index is 13.1. The van der Waals surface area contributed by atoms with E-state index in [4.69, 9.17) is 9.47 Å². The highest BCUT2D eigenvalue weighted by molar-refractivity contribution is 5.76. The number of allylic oxidation sites excluding steroid dienone is 8. The van der Waals surface area contributed by atoms with Crippen molar-refractivity contribution in [1.29, 1.82) is 0 Å². The van der Waals surface area contributed by atoms with Crippen LogP contribution in [0.25, 0.3) is 0 Å². The van der Waals surface area contributed by atoms with Gasteiger partial charge in [0.15, 0.2) is 6.29 Å². The minimum Gasteiger partial charge on any atom is -0.394 e. The molecule has 7 atom stereocenters. The van der Waals surface area contributed by atoms with Crippen LogP contribution in [0, 0.1) is 0 Å². The van der Waals surface area contributed by atoms with Gasteiger partial charge < -0.3 is 40.3 Å². The lowest BCUT2D eigenvalue weighted by molar-refractivity contribution is -0.302. The Morgan fingerprint density at radius 3 is 1.35 bits per heavy atom. The van der Waals surface area contributed by atoms with Crippen molar-refractivity contribution in [3.63, 3.8) is 0 Å². The van der Waals surface area contributed by atoms with E-state index in [1.807, 2.05) is 0 Å². The van der Waals surface area contributed by atoms with Gasteiger partial charge in [0.25, 0.3) is 0 Å². The molecule has 0 aromatic rings. The zero-order valence-electron chi connectivity index (χ0n) is 44.1. The second-order valence-corrected chi connectivity index (χ2v) is 20.1. The molecule has 1 heterocycles. The van der Waals surface area contributed by atoms with Gasteiger partial charge in [-0.15, -0.1) is 0 Å². The lowest BCUT2D eigenvalue weighted by Gasteiger charge is -2.40. The van der Waals surface area contributed by atoms with Crippen molar-refractivity contribution in [2.45, 2.75) is 307 Å². The van der Waals surface area contributed by atoms with Crippen LogP contribution in [0.1, 0.15) is 264 Å². The number of hydrogen-bond acceptors (Lipinski definition) is 8. The maximum absolute atomic E-state index is 13.1. The van der Waals surface area contributed by atoms with Crippen LogP contribution in [0.3, 0.4) is 0 Å². The number of ether oxygens (including phenoxy) is 2. The van der Waals surface area contributed by atoms with Crippen LogP contribution in [-0.2, 0) is 14.3 Å². The van der Waals surface area contributed by atoms with Crippen LogP contribution >= 0.6 is 0 Å². The Morgan fingerprint density at radius 2 is 0.912 bits per heavy atom. The fourth-order valence-electron chi connectivity index (χ4n) is 9.15.